The average Bonchev–Trinajstić information content (AvgIpc) is 2.56. The van der Waals surface area contributed by atoms with Crippen molar-refractivity contribution in [2.45, 2.75) is 59.8 Å². The van der Waals surface area contributed by atoms with Gasteiger partial charge in [-0.3, -0.25) is 0 Å². The molecule has 1 aromatic rings. The fraction of sp³-hybridized carbons (Fsp3) is 0.714. The van der Waals surface area contributed by atoms with Crippen LogP contribution in [0.1, 0.15) is 51.2 Å². The van der Waals surface area contributed by atoms with E-state index in [4.69, 9.17) is 9.15 Å². The minimum atomic E-state index is -0.124. The first-order valence-corrected chi connectivity index (χ1v) is 6.35. The van der Waals surface area contributed by atoms with Crippen molar-refractivity contribution in [2.75, 3.05) is 6.54 Å². The van der Waals surface area contributed by atoms with Gasteiger partial charge in [-0.1, -0.05) is 6.92 Å². The lowest BCUT2D eigenvalue weighted by Gasteiger charge is -2.18. The number of ether oxygens (including phenoxy) is 1. The molecule has 98 valence electrons. The molecule has 0 saturated carbocycles. The van der Waals surface area contributed by atoms with Crippen molar-refractivity contribution >= 4 is 0 Å². The zero-order chi connectivity index (χ0) is 12.9. The van der Waals surface area contributed by atoms with E-state index in [1.165, 1.54) is 5.56 Å². The summed E-state index contributed by atoms with van der Waals surface area (Å²) in [6.45, 7) is 12.8. The van der Waals surface area contributed by atoms with Gasteiger partial charge in [0.1, 0.15) is 18.1 Å². The lowest BCUT2D eigenvalue weighted by Crippen LogP contribution is -2.18. The minimum Gasteiger partial charge on any atom is -0.464 e. The molecule has 0 saturated heterocycles. The normalized spacial score (nSPS) is 12.1. The van der Waals surface area contributed by atoms with Crippen LogP contribution >= 0.6 is 0 Å². The molecule has 1 N–H and O–H groups in total. The van der Waals surface area contributed by atoms with Crippen LogP contribution in [0.2, 0.25) is 0 Å². The topological polar surface area (TPSA) is 34.4 Å². The molecule has 3 heteroatoms. The van der Waals surface area contributed by atoms with Gasteiger partial charge in [-0.05, 0) is 46.7 Å². The van der Waals surface area contributed by atoms with Crippen molar-refractivity contribution in [1.29, 1.82) is 0 Å². The number of nitrogens with one attached hydrogen (secondary N) is 1. The molecule has 0 aliphatic carbocycles. The van der Waals surface area contributed by atoms with E-state index in [0.717, 1.165) is 31.0 Å². The molecule has 0 fully saturated rings. The molecule has 0 aromatic carbocycles. The van der Waals surface area contributed by atoms with E-state index in [1.54, 1.807) is 0 Å². The van der Waals surface area contributed by atoms with Gasteiger partial charge in [-0.15, -0.1) is 0 Å². The Morgan fingerprint density at radius 2 is 2.06 bits per heavy atom. The molecular formula is C14H25NO2. The highest BCUT2D eigenvalue weighted by Crippen LogP contribution is 2.18. The Morgan fingerprint density at radius 1 is 1.35 bits per heavy atom. The molecule has 0 atom stereocenters. The van der Waals surface area contributed by atoms with Crippen molar-refractivity contribution in [3.05, 3.63) is 23.2 Å². The molecule has 1 aromatic heterocycles. The van der Waals surface area contributed by atoms with Gasteiger partial charge in [-0.2, -0.15) is 0 Å². The highest BCUT2D eigenvalue weighted by atomic mass is 16.5. The summed E-state index contributed by atoms with van der Waals surface area (Å²) < 4.78 is 11.4. The van der Waals surface area contributed by atoms with Gasteiger partial charge in [0.2, 0.25) is 0 Å². The van der Waals surface area contributed by atoms with Gasteiger partial charge in [0, 0.05) is 12.1 Å². The predicted octanol–water partition coefficient (Wildman–Crippen LogP) is 3.40. The summed E-state index contributed by atoms with van der Waals surface area (Å²) in [4.78, 5) is 0. The third-order valence-electron chi connectivity index (χ3n) is 2.46. The summed E-state index contributed by atoms with van der Waals surface area (Å²) in [5, 5.41) is 3.38. The van der Waals surface area contributed by atoms with Crippen molar-refractivity contribution < 1.29 is 9.15 Å². The lowest BCUT2D eigenvalue weighted by molar-refractivity contribution is -0.0226. The lowest BCUT2D eigenvalue weighted by atomic mass is 10.2. The maximum Gasteiger partial charge on any atom is 0.130 e. The minimum absolute atomic E-state index is 0.124. The first-order chi connectivity index (χ1) is 7.92. The molecule has 0 unspecified atom stereocenters. The maximum absolute atomic E-state index is 5.70. The molecule has 0 bridgehead atoms. The zero-order valence-corrected chi connectivity index (χ0v) is 11.7. The van der Waals surface area contributed by atoms with Gasteiger partial charge in [0.05, 0.1) is 5.60 Å². The Hall–Kier alpha value is -0.800. The summed E-state index contributed by atoms with van der Waals surface area (Å²) >= 11 is 0. The van der Waals surface area contributed by atoms with Crippen LogP contribution in [-0.2, 0) is 17.9 Å². The monoisotopic (exact) mass is 239 g/mol. The van der Waals surface area contributed by atoms with E-state index >= 15 is 0 Å². The molecule has 0 aliphatic heterocycles. The van der Waals surface area contributed by atoms with Gasteiger partial charge in [0.25, 0.3) is 0 Å². The number of hydrogen-bond donors (Lipinski definition) is 1. The first kappa shape index (κ1) is 14.3. The van der Waals surface area contributed by atoms with Gasteiger partial charge in [0.15, 0.2) is 0 Å². The first-order valence-electron chi connectivity index (χ1n) is 6.35. The number of aryl methyl sites for hydroxylation is 1. The molecule has 0 spiro atoms. The SMILES string of the molecule is CCCNCc1cc(COC(C)(C)C)oc1C. The second-order valence-corrected chi connectivity index (χ2v) is 5.37. The highest BCUT2D eigenvalue weighted by molar-refractivity contribution is 5.20. The molecule has 1 heterocycles. The van der Waals surface area contributed by atoms with E-state index in [9.17, 15) is 0 Å². The van der Waals surface area contributed by atoms with E-state index in [0.29, 0.717) is 6.61 Å². The van der Waals surface area contributed by atoms with Crippen LogP contribution in [0, 0.1) is 6.92 Å². The van der Waals surface area contributed by atoms with Crippen LogP contribution < -0.4 is 5.32 Å². The Kier molecular flexibility index (Phi) is 5.22. The summed E-state index contributed by atoms with van der Waals surface area (Å²) in [5.41, 5.74) is 1.10. The van der Waals surface area contributed by atoms with Gasteiger partial charge >= 0.3 is 0 Å². The van der Waals surface area contributed by atoms with Crippen LogP contribution in [0.4, 0.5) is 0 Å². The smallest absolute Gasteiger partial charge is 0.130 e. The number of rotatable bonds is 6. The molecular weight excluding hydrogens is 214 g/mol. The van der Waals surface area contributed by atoms with Crippen molar-refractivity contribution in [3.63, 3.8) is 0 Å². The molecule has 0 aliphatic rings. The van der Waals surface area contributed by atoms with Crippen LogP contribution in [0.3, 0.4) is 0 Å². The molecule has 3 nitrogen and oxygen atoms in total. The van der Waals surface area contributed by atoms with Gasteiger partial charge in [-0.25, -0.2) is 0 Å². The Labute approximate surface area is 105 Å². The number of furan rings is 1. The molecule has 1 rings (SSSR count). The van der Waals surface area contributed by atoms with E-state index < -0.39 is 0 Å². The largest absolute Gasteiger partial charge is 0.464 e. The molecule has 17 heavy (non-hydrogen) atoms. The van der Waals surface area contributed by atoms with E-state index in [-0.39, 0.29) is 5.60 Å². The summed E-state index contributed by atoms with van der Waals surface area (Å²) in [7, 11) is 0. The number of hydrogen-bond acceptors (Lipinski definition) is 3. The third kappa shape index (κ3) is 5.37. The summed E-state index contributed by atoms with van der Waals surface area (Å²) in [5.74, 6) is 1.90. The fourth-order valence-corrected chi connectivity index (χ4v) is 1.52. The van der Waals surface area contributed by atoms with E-state index in [1.807, 2.05) is 27.7 Å². The quantitative estimate of drug-likeness (QED) is 0.773. The van der Waals surface area contributed by atoms with Crippen LogP contribution in [-0.4, -0.2) is 12.1 Å². The van der Waals surface area contributed by atoms with Crippen molar-refractivity contribution in [2.24, 2.45) is 0 Å². The van der Waals surface area contributed by atoms with E-state index in [2.05, 4.69) is 18.3 Å². The zero-order valence-electron chi connectivity index (χ0n) is 11.7. The summed E-state index contributed by atoms with van der Waals surface area (Å²) in [6.07, 6.45) is 1.15. The van der Waals surface area contributed by atoms with Crippen LogP contribution in [0.25, 0.3) is 0 Å². The highest BCUT2D eigenvalue weighted by Gasteiger charge is 2.13. The Morgan fingerprint density at radius 3 is 2.65 bits per heavy atom. The van der Waals surface area contributed by atoms with Gasteiger partial charge < -0.3 is 14.5 Å². The predicted molar refractivity (Wildman–Crippen MR) is 70.0 cm³/mol. The Balaban J connectivity index is 2.49. The van der Waals surface area contributed by atoms with Crippen LogP contribution in [0.5, 0.6) is 0 Å². The third-order valence-corrected chi connectivity index (χ3v) is 2.46. The second kappa shape index (κ2) is 6.22. The van der Waals surface area contributed by atoms with Crippen molar-refractivity contribution in [1.82, 2.24) is 5.32 Å². The summed E-state index contributed by atoms with van der Waals surface area (Å²) in [6, 6.07) is 2.09. The molecule has 0 amide bonds. The molecule has 0 radical (unpaired) electrons. The average molecular weight is 239 g/mol. The maximum atomic E-state index is 5.70. The fourth-order valence-electron chi connectivity index (χ4n) is 1.52. The second-order valence-electron chi connectivity index (χ2n) is 5.37. The Bertz CT molecular complexity index is 336. The van der Waals surface area contributed by atoms with Crippen molar-refractivity contribution in [3.8, 4) is 0 Å². The van der Waals surface area contributed by atoms with Crippen LogP contribution in [0.15, 0.2) is 10.5 Å². The standard InChI is InChI=1S/C14H25NO2/c1-6-7-15-9-12-8-13(17-11(12)2)10-16-14(3,4)5/h8,15H,6-7,9-10H2,1-5H3.